The van der Waals surface area contributed by atoms with Gasteiger partial charge in [0.15, 0.2) is 0 Å². The lowest BCUT2D eigenvalue weighted by molar-refractivity contribution is 0.270. The van der Waals surface area contributed by atoms with Crippen molar-refractivity contribution in [3.8, 4) is 5.75 Å². The van der Waals surface area contributed by atoms with E-state index in [1.807, 2.05) is 0 Å². The van der Waals surface area contributed by atoms with Gasteiger partial charge in [-0.3, -0.25) is 0 Å². The first-order chi connectivity index (χ1) is 6.65. The van der Waals surface area contributed by atoms with Crippen LogP contribution in [0.15, 0.2) is 18.2 Å². The van der Waals surface area contributed by atoms with Gasteiger partial charge in [-0.05, 0) is 36.6 Å². The molecule has 0 aliphatic heterocycles. The minimum atomic E-state index is 0.498. The van der Waals surface area contributed by atoms with Crippen LogP contribution in [0.25, 0.3) is 0 Å². The van der Waals surface area contributed by atoms with Crippen molar-refractivity contribution in [2.24, 2.45) is 5.92 Å². The Bertz CT molecular complexity index is 276. The molecule has 0 saturated carbocycles. The Balaban J connectivity index is 2.66. The smallest absolute Gasteiger partial charge is 0.125 e. The van der Waals surface area contributed by atoms with E-state index in [1.165, 1.54) is 11.1 Å². The Morgan fingerprint density at radius 2 is 1.86 bits per heavy atom. The molecule has 1 aromatic carbocycles. The van der Waals surface area contributed by atoms with Crippen LogP contribution in [0.2, 0.25) is 0 Å². The molecular formula is C12H18OS. The molecule has 0 aliphatic carbocycles. The van der Waals surface area contributed by atoms with Crippen molar-refractivity contribution in [2.45, 2.75) is 20.8 Å². The summed E-state index contributed by atoms with van der Waals surface area (Å²) in [6, 6.07) is 6.21. The molecule has 0 heterocycles. The third-order valence-corrected chi connectivity index (χ3v) is 2.86. The average Bonchev–Trinajstić information content (AvgIpc) is 2.16. The summed E-state index contributed by atoms with van der Waals surface area (Å²) in [5.41, 5.74) is 2.41. The minimum absolute atomic E-state index is 0.498. The summed E-state index contributed by atoms with van der Waals surface area (Å²) < 4.78 is 5.77. The number of hydrogen-bond acceptors (Lipinski definition) is 2. The monoisotopic (exact) mass is 210 g/mol. The molecule has 2 heteroatoms. The summed E-state index contributed by atoms with van der Waals surface area (Å²) in [5.74, 6) is 2.39. The van der Waals surface area contributed by atoms with E-state index in [0.717, 1.165) is 18.1 Å². The van der Waals surface area contributed by atoms with Crippen molar-refractivity contribution in [2.75, 3.05) is 12.4 Å². The number of benzene rings is 1. The zero-order valence-electron chi connectivity index (χ0n) is 9.08. The summed E-state index contributed by atoms with van der Waals surface area (Å²) in [7, 11) is 0. The van der Waals surface area contributed by atoms with Gasteiger partial charge in [0.2, 0.25) is 0 Å². The van der Waals surface area contributed by atoms with Crippen molar-refractivity contribution < 1.29 is 4.74 Å². The van der Waals surface area contributed by atoms with Crippen LogP contribution in [0.3, 0.4) is 0 Å². The van der Waals surface area contributed by atoms with Crippen LogP contribution >= 0.6 is 12.6 Å². The van der Waals surface area contributed by atoms with Crippen molar-refractivity contribution in [3.63, 3.8) is 0 Å². The fraction of sp³-hybridized carbons (Fsp3) is 0.500. The molecule has 1 unspecified atom stereocenters. The lowest BCUT2D eigenvalue weighted by Gasteiger charge is -2.14. The molecule has 0 amide bonds. The zero-order chi connectivity index (χ0) is 10.6. The van der Waals surface area contributed by atoms with E-state index in [0.29, 0.717) is 5.92 Å². The molecule has 14 heavy (non-hydrogen) atoms. The Morgan fingerprint density at radius 1 is 1.29 bits per heavy atom. The van der Waals surface area contributed by atoms with Gasteiger partial charge in [-0.2, -0.15) is 12.6 Å². The Hall–Kier alpha value is -0.630. The lowest BCUT2D eigenvalue weighted by Crippen LogP contribution is -2.10. The molecule has 0 bridgehead atoms. The van der Waals surface area contributed by atoms with E-state index in [1.54, 1.807) is 0 Å². The van der Waals surface area contributed by atoms with E-state index in [4.69, 9.17) is 4.74 Å². The number of rotatable bonds is 4. The van der Waals surface area contributed by atoms with E-state index in [2.05, 4.69) is 51.6 Å². The normalized spacial score (nSPS) is 12.6. The Morgan fingerprint density at radius 3 is 2.36 bits per heavy atom. The largest absolute Gasteiger partial charge is 0.493 e. The second kappa shape index (κ2) is 5.30. The van der Waals surface area contributed by atoms with E-state index in [-0.39, 0.29) is 0 Å². The van der Waals surface area contributed by atoms with Gasteiger partial charge in [0, 0.05) is 0 Å². The summed E-state index contributed by atoms with van der Waals surface area (Å²) in [5, 5.41) is 0. The quantitative estimate of drug-likeness (QED) is 0.751. The highest BCUT2D eigenvalue weighted by molar-refractivity contribution is 7.80. The van der Waals surface area contributed by atoms with Crippen LogP contribution < -0.4 is 4.74 Å². The predicted octanol–water partition coefficient (Wildman–Crippen LogP) is 3.25. The Labute approximate surface area is 91.9 Å². The third-order valence-electron chi connectivity index (χ3n) is 2.23. The number of hydrogen-bond donors (Lipinski definition) is 1. The van der Waals surface area contributed by atoms with Gasteiger partial charge in [0.05, 0.1) is 6.61 Å². The van der Waals surface area contributed by atoms with Crippen molar-refractivity contribution >= 4 is 12.6 Å². The van der Waals surface area contributed by atoms with Crippen LogP contribution in [-0.2, 0) is 0 Å². The molecule has 1 rings (SSSR count). The van der Waals surface area contributed by atoms with Gasteiger partial charge in [-0.25, -0.2) is 0 Å². The maximum Gasteiger partial charge on any atom is 0.125 e. The third kappa shape index (κ3) is 2.95. The summed E-state index contributed by atoms with van der Waals surface area (Å²) >= 11 is 4.23. The zero-order valence-corrected chi connectivity index (χ0v) is 9.97. The van der Waals surface area contributed by atoms with Gasteiger partial charge in [-0.15, -0.1) is 0 Å². The molecule has 0 radical (unpaired) electrons. The van der Waals surface area contributed by atoms with Gasteiger partial charge < -0.3 is 4.74 Å². The molecule has 0 aliphatic rings. The van der Waals surface area contributed by atoms with Gasteiger partial charge in [-0.1, -0.05) is 25.1 Å². The summed E-state index contributed by atoms with van der Waals surface area (Å²) in [4.78, 5) is 0. The average molecular weight is 210 g/mol. The second-order valence-corrected chi connectivity index (χ2v) is 4.18. The SMILES string of the molecule is Cc1cccc(C)c1OCC(C)CS. The van der Waals surface area contributed by atoms with Gasteiger partial charge in [0.25, 0.3) is 0 Å². The molecule has 0 aromatic heterocycles. The Kier molecular flexibility index (Phi) is 4.33. The minimum Gasteiger partial charge on any atom is -0.493 e. The topological polar surface area (TPSA) is 9.23 Å². The van der Waals surface area contributed by atoms with E-state index in [9.17, 15) is 0 Å². The maximum atomic E-state index is 5.77. The van der Waals surface area contributed by atoms with Crippen LogP contribution in [0.5, 0.6) is 5.75 Å². The standard InChI is InChI=1S/C12H18OS/c1-9(8-14)7-13-12-10(2)5-4-6-11(12)3/h4-6,9,14H,7-8H2,1-3H3. The summed E-state index contributed by atoms with van der Waals surface area (Å²) in [6.07, 6.45) is 0. The first kappa shape index (κ1) is 11.4. The highest BCUT2D eigenvalue weighted by Crippen LogP contribution is 2.22. The molecule has 78 valence electrons. The van der Waals surface area contributed by atoms with Crippen LogP contribution in [0.1, 0.15) is 18.1 Å². The molecular weight excluding hydrogens is 192 g/mol. The van der Waals surface area contributed by atoms with Crippen molar-refractivity contribution in [1.82, 2.24) is 0 Å². The first-order valence-electron chi connectivity index (χ1n) is 4.95. The van der Waals surface area contributed by atoms with Gasteiger partial charge >= 0.3 is 0 Å². The van der Waals surface area contributed by atoms with Crippen LogP contribution in [0.4, 0.5) is 0 Å². The van der Waals surface area contributed by atoms with E-state index < -0.39 is 0 Å². The van der Waals surface area contributed by atoms with Gasteiger partial charge in [0.1, 0.15) is 5.75 Å². The predicted molar refractivity (Wildman–Crippen MR) is 64.4 cm³/mol. The lowest BCUT2D eigenvalue weighted by atomic mass is 10.1. The van der Waals surface area contributed by atoms with Crippen molar-refractivity contribution in [1.29, 1.82) is 0 Å². The molecule has 0 saturated heterocycles. The molecule has 1 aromatic rings. The van der Waals surface area contributed by atoms with Crippen LogP contribution in [0, 0.1) is 19.8 Å². The maximum absolute atomic E-state index is 5.77. The molecule has 0 N–H and O–H groups in total. The summed E-state index contributed by atoms with van der Waals surface area (Å²) in [6.45, 7) is 7.04. The molecule has 1 atom stereocenters. The van der Waals surface area contributed by atoms with E-state index >= 15 is 0 Å². The molecule has 0 spiro atoms. The fourth-order valence-corrected chi connectivity index (χ4v) is 1.41. The second-order valence-electron chi connectivity index (χ2n) is 3.82. The highest BCUT2D eigenvalue weighted by atomic mass is 32.1. The first-order valence-corrected chi connectivity index (χ1v) is 5.58. The molecule has 0 fully saturated rings. The number of aryl methyl sites for hydroxylation is 2. The number of ether oxygens (including phenoxy) is 1. The highest BCUT2D eigenvalue weighted by Gasteiger charge is 2.05. The van der Waals surface area contributed by atoms with Crippen molar-refractivity contribution in [3.05, 3.63) is 29.3 Å². The molecule has 1 nitrogen and oxygen atoms in total. The van der Waals surface area contributed by atoms with Crippen LogP contribution in [-0.4, -0.2) is 12.4 Å². The number of thiol groups is 1. The fourth-order valence-electron chi connectivity index (χ4n) is 1.31. The number of para-hydroxylation sites is 1.